The van der Waals surface area contributed by atoms with E-state index in [9.17, 15) is 40.5 Å². The van der Waals surface area contributed by atoms with Crippen molar-refractivity contribution in [3.63, 3.8) is 0 Å². The van der Waals surface area contributed by atoms with Gasteiger partial charge >= 0.3 is 5.97 Å². The number of aliphatic hydroxyl groups is 6. The Labute approximate surface area is 209 Å². The molecule has 3 fully saturated rings. The van der Waals surface area contributed by atoms with Crippen molar-refractivity contribution in [3.8, 4) is 0 Å². The summed E-state index contributed by atoms with van der Waals surface area (Å²) in [6, 6.07) is 0. The molecule has 11 atom stereocenters. The van der Waals surface area contributed by atoms with Crippen LogP contribution in [0.4, 0.5) is 0 Å². The smallest absolute Gasteiger partial charge is 0.332 e. The zero-order chi connectivity index (χ0) is 26.4. The first kappa shape index (κ1) is 29.6. The molecule has 3 rings (SSSR count). The monoisotopic (exact) mass is 524 g/mol. The first-order chi connectivity index (χ1) is 17.1. The van der Waals surface area contributed by atoms with E-state index in [0.29, 0.717) is 0 Å². The van der Waals surface area contributed by atoms with Gasteiger partial charge in [0.2, 0.25) is 0 Å². The Morgan fingerprint density at radius 2 is 1.47 bits per heavy atom. The van der Waals surface area contributed by atoms with Gasteiger partial charge in [0.15, 0.2) is 18.7 Å². The van der Waals surface area contributed by atoms with Crippen LogP contribution in [-0.4, -0.2) is 129 Å². The lowest BCUT2D eigenvalue weighted by Gasteiger charge is -2.43. The molecule has 4 unspecified atom stereocenters. The average molecular weight is 525 g/mol. The summed E-state index contributed by atoms with van der Waals surface area (Å²) in [6.45, 7) is 0.538. The minimum absolute atomic E-state index is 0.166. The lowest BCUT2D eigenvalue weighted by molar-refractivity contribution is -0.321. The Morgan fingerprint density at radius 3 is 2.06 bits per heavy atom. The normalized spacial score (nSPS) is 41.2. The summed E-state index contributed by atoms with van der Waals surface area (Å²) in [4.78, 5) is 11.9. The number of ether oxygens (including phenoxy) is 5. The van der Waals surface area contributed by atoms with Crippen molar-refractivity contribution in [2.45, 2.75) is 113 Å². The molecule has 13 nitrogen and oxygen atoms in total. The summed E-state index contributed by atoms with van der Waals surface area (Å²) in [6.07, 6.45) is -9.28. The van der Waals surface area contributed by atoms with E-state index in [2.05, 4.69) is 0 Å². The molecule has 3 aliphatic rings. The second-order valence-electron chi connectivity index (χ2n) is 9.80. The van der Waals surface area contributed by atoms with Crippen molar-refractivity contribution < 1.29 is 64.2 Å². The first-order valence-corrected chi connectivity index (χ1v) is 12.6. The number of aliphatic carboxylic acids is 1. The van der Waals surface area contributed by atoms with Crippen molar-refractivity contribution in [1.29, 1.82) is 0 Å². The molecule has 13 heteroatoms. The van der Waals surface area contributed by atoms with Gasteiger partial charge in [0.05, 0.1) is 25.9 Å². The highest BCUT2D eigenvalue weighted by Gasteiger charge is 2.48. The fourth-order valence-corrected chi connectivity index (χ4v) is 4.96. The number of carbonyl (C=O) groups is 1. The number of aliphatic hydroxyl groups excluding tert-OH is 6. The van der Waals surface area contributed by atoms with Crippen LogP contribution in [0.5, 0.6) is 0 Å². The topological polar surface area (TPSA) is 205 Å². The molecule has 2 heterocycles. The maximum atomic E-state index is 11.9. The van der Waals surface area contributed by atoms with E-state index in [4.69, 9.17) is 23.7 Å². The van der Waals surface area contributed by atoms with Crippen molar-refractivity contribution >= 4 is 5.97 Å². The highest BCUT2D eigenvalue weighted by Crippen LogP contribution is 2.31. The van der Waals surface area contributed by atoms with Crippen LogP contribution in [0.15, 0.2) is 0 Å². The third-order valence-electron chi connectivity index (χ3n) is 7.15. The Bertz CT molecular complexity index is 674. The Balaban J connectivity index is 1.55. The van der Waals surface area contributed by atoms with Crippen molar-refractivity contribution in [1.82, 2.24) is 0 Å². The van der Waals surface area contributed by atoms with Crippen LogP contribution in [0.3, 0.4) is 0 Å². The van der Waals surface area contributed by atoms with Gasteiger partial charge in [-0.25, -0.2) is 4.79 Å². The Morgan fingerprint density at radius 1 is 0.861 bits per heavy atom. The largest absolute Gasteiger partial charge is 0.479 e. The summed E-state index contributed by atoms with van der Waals surface area (Å²) < 4.78 is 27.3. The molecule has 2 aliphatic heterocycles. The van der Waals surface area contributed by atoms with E-state index >= 15 is 0 Å². The SMILES string of the molecule is CC1O[C@@H](OCCO[C@@H]2O[C@@H](CO)[C@H](O)C(O[C@@H](CC3CCCCC3)C(=O)O)C2O)C(O)[C@@H](O)[C@@H]1O. The number of hydrogen-bond donors (Lipinski definition) is 7. The quantitative estimate of drug-likeness (QED) is 0.148. The Hall–Kier alpha value is -0.970. The van der Waals surface area contributed by atoms with Gasteiger partial charge < -0.3 is 59.4 Å². The van der Waals surface area contributed by atoms with Crippen molar-refractivity contribution in [3.05, 3.63) is 0 Å². The standard InChI is InChI=1S/C23H40O13/c1-11-15(25)17(27)18(28)22(34-11)32-7-8-33-23-19(29)20(16(26)14(10-24)36-23)35-13(21(30)31)9-12-5-3-2-4-6-12/h11-20,22-29H,2-10H2,1H3,(H,30,31)/t11?,13-,14-,15+,16-,17-,18?,19?,20?,22+,23+/m0/s1. The molecule has 36 heavy (non-hydrogen) atoms. The third kappa shape index (κ3) is 7.32. The Kier molecular flexibility index (Phi) is 11.3. The number of carboxylic acids is 1. The maximum absolute atomic E-state index is 11.9. The average Bonchev–Trinajstić information content (AvgIpc) is 2.86. The molecule has 0 radical (unpaired) electrons. The molecule has 0 aromatic rings. The van der Waals surface area contributed by atoms with E-state index in [1.165, 1.54) is 6.92 Å². The minimum Gasteiger partial charge on any atom is -0.479 e. The molecule has 0 spiro atoms. The van der Waals surface area contributed by atoms with Gasteiger partial charge in [-0.15, -0.1) is 0 Å². The molecule has 1 saturated carbocycles. The van der Waals surface area contributed by atoms with Gasteiger partial charge in [-0.1, -0.05) is 32.1 Å². The van der Waals surface area contributed by atoms with E-state index in [1.807, 2.05) is 0 Å². The van der Waals surface area contributed by atoms with Crippen LogP contribution in [0.2, 0.25) is 0 Å². The molecule has 7 N–H and O–H groups in total. The summed E-state index contributed by atoms with van der Waals surface area (Å²) in [5, 5.41) is 70.2. The first-order valence-electron chi connectivity index (χ1n) is 12.6. The highest BCUT2D eigenvalue weighted by molar-refractivity contribution is 5.72. The van der Waals surface area contributed by atoms with Gasteiger partial charge in [-0.05, 0) is 19.3 Å². The van der Waals surface area contributed by atoms with Crippen LogP contribution < -0.4 is 0 Å². The number of carboxylic acid groups (broad SMARTS) is 1. The van der Waals surface area contributed by atoms with Gasteiger partial charge in [0, 0.05) is 0 Å². The number of hydrogen-bond acceptors (Lipinski definition) is 12. The van der Waals surface area contributed by atoms with E-state index in [1.54, 1.807) is 0 Å². The van der Waals surface area contributed by atoms with E-state index in [0.717, 1.165) is 32.1 Å². The van der Waals surface area contributed by atoms with E-state index < -0.39 is 80.1 Å². The zero-order valence-electron chi connectivity index (χ0n) is 20.4. The van der Waals surface area contributed by atoms with Crippen molar-refractivity contribution in [2.24, 2.45) is 5.92 Å². The molecule has 0 aromatic carbocycles. The second kappa shape index (κ2) is 13.7. The second-order valence-corrected chi connectivity index (χ2v) is 9.80. The lowest BCUT2D eigenvalue weighted by Crippen LogP contribution is -2.61. The molecule has 210 valence electrons. The summed E-state index contributed by atoms with van der Waals surface area (Å²) in [5.74, 6) is -1.03. The van der Waals surface area contributed by atoms with Crippen LogP contribution >= 0.6 is 0 Å². The summed E-state index contributed by atoms with van der Waals surface area (Å²) >= 11 is 0. The van der Waals surface area contributed by atoms with Crippen molar-refractivity contribution in [2.75, 3.05) is 19.8 Å². The van der Waals surface area contributed by atoms with Crippen LogP contribution in [-0.2, 0) is 28.5 Å². The third-order valence-corrected chi connectivity index (χ3v) is 7.15. The summed E-state index contributed by atoms with van der Waals surface area (Å²) in [5.41, 5.74) is 0. The summed E-state index contributed by atoms with van der Waals surface area (Å²) in [7, 11) is 0. The fraction of sp³-hybridized carbons (Fsp3) is 0.957. The van der Waals surface area contributed by atoms with Crippen LogP contribution in [0, 0.1) is 5.92 Å². The van der Waals surface area contributed by atoms with E-state index in [-0.39, 0.29) is 25.6 Å². The fourth-order valence-electron chi connectivity index (χ4n) is 4.96. The predicted molar refractivity (Wildman–Crippen MR) is 120 cm³/mol. The molecule has 2 saturated heterocycles. The molecule has 0 bridgehead atoms. The minimum atomic E-state index is -1.57. The molecule has 0 aromatic heterocycles. The van der Waals surface area contributed by atoms with Gasteiger partial charge in [-0.2, -0.15) is 0 Å². The zero-order valence-corrected chi connectivity index (χ0v) is 20.4. The molecular weight excluding hydrogens is 484 g/mol. The predicted octanol–water partition coefficient (Wildman–Crippen LogP) is -1.91. The highest BCUT2D eigenvalue weighted by atomic mass is 16.7. The molecule has 0 amide bonds. The maximum Gasteiger partial charge on any atom is 0.332 e. The van der Waals surface area contributed by atoms with Crippen LogP contribution in [0.1, 0.15) is 45.4 Å². The number of rotatable bonds is 11. The van der Waals surface area contributed by atoms with Gasteiger partial charge in [0.1, 0.15) is 42.7 Å². The van der Waals surface area contributed by atoms with Gasteiger partial charge in [0.25, 0.3) is 0 Å². The van der Waals surface area contributed by atoms with Crippen LogP contribution in [0.25, 0.3) is 0 Å². The molecular formula is C23H40O13. The lowest BCUT2D eigenvalue weighted by atomic mass is 9.85. The molecule has 1 aliphatic carbocycles. The van der Waals surface area contributed by atoms with Gasteiger partial charge in [-0.3, -0.25) is 0 Å².